The zero-order chi connectivity index (χ0) is 15.1. The van der Waals surface area contributed by atoms with Gasteiger partial charge < -0.3 is 15.1 Å². The van der Waals surface area contributed by atoms with Crippen LogP contribution in [0.25, 0.3) is 0 Å². The molecule has 1 heterocycles. The molecule has 116 valence electrons. The second-order valence-corrected chi connectivity index (χ2v) is 5.23. The van der Waals surface area contributed by atoms with Gasteiger partial charge in [0, 0.05) is 39.3 Å². The highest BCUT2D eigenvalue weighted by molar-refractivity contribution is 5.83. The first kappa shape index (κ1) is 16.9. The van der Waals surface area contributed by atoms with Crippen molar-refractivity contribution in [1.82, 2.24) is 20.0 Å². The lowest BCUT2D eigenvalue weighted by atomic mass is 10.2. The smallest absolute Gasteiger partial charge is 0.239 e. The van der Waals surface area contributed by atoms with Crippen molar-refractivity contribution >= 4 is 11.8 Å². The van der Waals surface area contributed by atoms with Crippen LogP contribution in [0.5, 0.6) is 0 Å². The Morgan fingerprint density at radius 2 is 1.75 bits per heavy atom. The first-order valence-electron chi connectivity index (χ1n) is 7.48. The number of nitrogens with zero attached hydrogens (tertiary/aromatic N) is 3. The third-order valence-corrected chi connectivity index (χ3v) is 3.95. The van der Waals surface area contributed by atoms with Crippen LogP contribution in [0.4, 0.5) is 0 Å². The molecule has 1 fully saturated rings. The van der Waals surface area contributed by atoms with E-state index in [1.807, 2.05) is 37.6 Å². The Hall–Kier alpha value is -1.14. The second-order valence-electron chi connectivity index (χ2n) is 5.23. The van der Waals surface area contributed by atoms with E-state index in [2.05, 4.69) is 5.32 Å². The zero-order valence-corrected chi connectivity index (χ0v) is 13.2. The molecule has 0 radical (unpaired) electrons. The number of hydrogen-bond donors (Lipinski definition) is 1. The van der Waals surface area contributed by atoms with E-state index in [0.29, 0.717) is 19.6 Å². The van der Waals surface area contributed by atoms with Crippen molar-refractivity contribution in [3.63, 3.8) is 0 Å². The summed E-state index contributed by atoms with van der Waals surface area (Å²) in [5.41, 5.74) is 0. The fourth-order valence-electron chi connectivity index (χ4n) is 2.35. The maximum atomic E-state index is 12.3. The summed E-state index contributed by atoms with van der Waals surface area (Å²) in [6.45, 7) is 10.7. The summed E-state index contributed by atoms with van der Waals surface area (Å²) < 4.78 is 0. The molecule has 1 unspecified atom stereocenters. The average Bonchev–Trinajstić information content (AvgIpc) is 2.48. The number of rotatable bonds is 6. The van der Waals surface area contributed by atoms with E-state index in [-0.39, 0.29) is 17.9 Å². The number of carbonyl (C=O) groups excluding carboxylic acids is 2. The largest absolute Gasteiger partial charge is 0.342 e. The SMILES string of the molecule is CCN(CC)C(=O)C(C)N(C)CC(=O)N1CCNCC1. The Kier molecular flexibility index (Phi) is 6.95. The Morgan fingerprint density at radius 3 is 2.25 bits per heavy atom. The molecule has 20 heavy (non-hydrogen) atoms. The maximum absolute atomic E-state index is 12.3. The topological polar surface area (TPSA) is 55.9 Å². The van der Waals surface area contributed by atoms with Crippen molar-refractivity contribution in [2.24, 2.45) is 0 Å². The van der Waals surface area contributed by atoms with Gasteiger partial charge in [-0.05, 0) is 27.8 Å². The molecule has 1 aliphatic heterocycles. The third kappa shape index (κ3) is 4.45. The Labute approximate surface area is 122 Å². The molecular weight excluding hydrogens is 256 g/mol. The fourth-order valence-corrected chi connectivity index (χ4v) is 2.35. The van der Waals surface area contributed by atoms with E-state index in [9.17, 15) is 9.59 Å². The Morgan fingerprint density at radius 1 is 1.20 bits per heavy atom. The molecule has 1 atom stereocenters. The second kappa shape index (κ2) is 8.21. The molecule has 0 saturated carbocycles. The van der Waals surface area contributed by atoms with Crippen molar-refractivity contribution in [3.8, 4) is 0 Å². The molecule has 1 aliphatic rings. The van der Waals surface area contributed by atoms with Crippen LogP contribution >= 0.6 is 0 Å². The third-order valence-electron chi connectivity index (χ3n) is 3.95. The minimum absolute atomic E-state index is 0.0885. The Balaban J connectivity index is 2.49. The number of amides is 2. The van der Waals surface area contributed by atoms with E-state index in [4.69, 9.17) is 0 Å². The van der Waals surface area contributed by atoms with Crippen LogP contribution in [-0.2, 0) is 9.59 Å². The molecule has 0 aromatic rings. The highest BCUT2D eigenvalue weighted by Gasteiger charge is 2.25. The van der Waals surface area contributed by atoms with Gasteiger partial charge in [0.25, 0.3) is 0 Å². The summed E-state index contributed by atoms with van der Waals surface area (Å²) in [4.78, 5) is 29.9. The van der Waals surface area contributed by atoms with Crippen molar-refractivity contribution in [1.29, 1.82) is 0 Å². The number of piperazine rings is 1. The van der Waals surface area contributed by atoms with Crippen LogP contribution in [0, 0.1) is 0 Å². The van der Waals surface area contributed by atoms with Crippen LogP contribution in [0.15, 0.2) is 0 Å². The lowest BCUT2D eigenvalue weighted by Crippen LogP contribution is -2.52. The van der Waals surface area contributed by atoms with Crippen LogP contribution in [-0.4, -0.2) is 85.4 Å². The molecule has 0 bridgehead atoms. The number of carbonyl (C=O) groups is 2. The standard InChI is InChI=1S/C14H28N4O2/c1-5-17(6-2)14(20)12(3)16(4)11-13(19)18-9-7-15-8-10-18/h12,15H,5-11H2,1-4H3. The molecule has 0 aromatic heterocycles. The van der Waals surface area contributed by atoms with Gasteiger partial charge in [-0.1, -0.05) is 0 Å². The predicted molar refractivity (Wildman–Crippen MR) is 79.5 cm³/mol. The van der Waals surface area contributed by atoms with Gasteiger partial charge in [0.2, 0.25) is 11.8 Å². The Bertz CT molecular complexity index is 325. The van der Waals surface area contributed by atoms with E-state index in [0.717, 1.165) is 26.2 Å². The van der Waals surface area contributed by atoms with Crippen molar-refractivity contribution < 1.29 is 9.59 Å². The predicted octanol–water partition coefficient (Wildman–Crippen LogP) is -0.393. The van der Waals surface area contributed by atoms with Crippen LogP contribution in [0.2, 0.25) is 0 Å². The molecule has 1 N–H and O–H groups in total. The lowest BCUT2D eigenvalue weighted by molar-refractivity contribution is -0.138. The molecule has 6 heteroatoms. The summed E-state index contributed by atoms with van der Waals surface area (Å²) in [5.74, 6) is 0.193. The molecule has 1 saturated heterocycles. The van der Waals surface area contributed by atoms with E-state index in [1.54, 1.807) is 4.90 Å². The number of likely N-dealkylation sites (N-methyl/N-ethyl adjacent to an activating group) is 2. The van der Waals surface area contributed by atoms with Crippen molar-refractivity contribution in [3.05, 3.63) is 0 Å². The normalized spacial score (nSPS) is 17.1. The van der Waals surface area contributed by atoms with Gasteiger partial charge in [0.1, 0.15) is 0 Å². The number of nitrogens with one attached hydrogen (secondary N) is 1. The molecule has 0 aliphatic carbocycles. The first-order chi connectivity index (χ1) is 9.51. The van der Waals surface area contributed by atoms with Gasteiger partial charge in [-0.3, -0.25) is 14.5 Å². The fraction of sp³-hybridized carbons (Fsp3) is 0.857. The van der Waals surface area contributed by atoms with Gasteiger partial charge in [0.15, 0.2) is 0 Å². The molecule has 1 rings (SSSR count). The van der Waals surface area contributed by atoms with Crippen LogP contribution in [0.1, 0.15) is 20.8 Å². The number of hydrogen-bond acceptors (Lipinski definition) is 4. The first-order valence-corrected chi connectivity index (χ1v) is 7.48. The summed E-state index contributed by atoms with van der Waals surface area (Å²) in [7, 11) is 1.84. The molecule has 2 amide bonds. The van der Waals surface area contributed by atoms with Crippen LogP contribution < -0.4 is 5.32 Å². The summed E-state index contributed by atoms with van der Waals surface area (Å²) in [5, 5.41) is 3.23. The minimum atomic E-state index is -0.262. The summed E-state index contributed by atoms with van der Waals surface area (Å²) >= 11 is 0. The lowest BCUT2D eigenvalue weighted by Gasteiger charge is -2.32. The average molecular weight is 284 g/mol. The monoisotopic (exact) mass is 284 g/mol. The van der Waals surface area contributed by atoms with Gasteiger partial charge in [-0.2, -0.15) is 0 Å². The van der Waals surface area contributed by atoms with Gasteiger partial charge in [-0.25, -0.2) is 0 Å². The van der Waals surface area contributed by atoms with Crippen molar-refractivity contribution in [2.75, 3.05) is 52.9 Å². The van der Waals surface area contributed by atoms with Gasteiger partial charge in [0.05, 0.1) is 12.6 Å². The van der Waals surface area contributed by atoms with E-state index in [1.165, 1.54) is 0 Å². The van der Waals surface area contributed by atoms with Gasteiger partial charge in [-0.15, -0.1) is 0 Å². The quantitative estimate of drug-likeness (QED) is 0.721. The summed E-state index contributed by atoms with van der Waals surface area (Å²) in [6.07, 6.45) is 0. The summed E-state index contributed by atoms with van der Waals surface area (Å²) in [6, 6.07) is -0.262. The van der Waals surface area contributed by atoms with E-state index >= 15 is 0 Å². The molecule has 0 spiro atoms. The maximum Gasteiger partial charge on any atom is 0.239 e. The van der Waals surface area contributed by atoms with Gasteiger partial charge >= 0.3 is 0 Å². The van der Waals surface area contributed by atoms with E-state index < -0.39 is 0 Å². The van der Waals surface area contributed by atoms with Crippen LogP contribution in [0.3, 0.4) is 0 Å². The molecule has 0 aromatic carbocycles. The molecular formula is C14H28N4O2. The minimum Gasteiger partial charge on any atom is -0.342 e. The highest BCUT2D eigenvalue weighted by Crippen LogP contribution is 2.04. The van der Waals surface area contributed by atoms with Crippen molar-refractivity contribution in [2.45, 2.75) is 26.8 Å². The zero-order valence-electron chi connectivity index (χ0n) is 13.2. The molecule has 6 nitrogen and oxygen atoms in total. The highest BCUT2D eigenvalue weighted by atomic mass is 16.2.